The number of rotatable bonds is 8. The molecule has 1 heterocycles. The zero-order chi connectivity index (χ0) is 15.8. The minimum Gasteiger partial charge on any atom is -0.490 e. The van der Waals surface area contributed by atoms with Gasteiger partial charge in [-0.3, -0.25) is 0 Å². The van der Waals surface area contributed by atoms with Gasteiger partial charge in [0.2, 0.25) is 0 Å². The molecular weight excluding hydrogens is 276 g/mol. The van der Waals surface area contributed by atoms with E-state index in [9.17, 15) is 0 Å². The normalized spacial score (nSPS) is 12.0. The minimum atomic E-state index is 0.406. The molecule has 0 N–H and O–H groups in total. The summed E-state index contributed by atoms with van der Waals surface area (Å²) in [7, 11) is 0. The minimum absolute atomic E-state index is 0.406. The van der Waals surface area contributed by atoms with Gasteiger partial charge in [-0.15, -0.1) is 0 Å². The first-order chi connectivity index (χ1) is 10.7. The molecule has 0 aliphatic carbocycles. The van der Waals surface area contributed by atoms with Crippen LogP contribution in [-0.2, 0) is 0 Å². The lowest BCUT2D eigenvalue weighted by Gasteiger charge is -2.13. The van der Waals surface area contributed by atoms with Crippen molar-refractivity contribution in [1.29, 1.82) is 0 Å². The summed E-state index contributed by atoms with van der Waals surface area (Å²) in [6.07, 6.45) is 3.72. The van der Waals surface area contributed by atoms with Crippen LogP contribution in [0.3, 0.4) is 0 Å². The average Bonchev–Trinajstić information content (AvgIpc) is 2.58. The van der Waals surface area contributed by atoms with Crippen LogP contribution < -0.4 is 9.47 Å². The van der Waals surface area contributed by atoms with E-state index in [1.54, 1.807) is 6.20 Å². The number of ether oxygens (including phenoxy) is 2. The van der Waals surface area contributed by atoms with Crippen LogP contribution in [0.5, 0.6) is 11.8 Å². The van der Waals surface area contributed by atoms with Crippen LogP contribution in [0.25, 0.3) is 11.3 Å². The molecule has 1 aromatic heterocycles. The molecule has 0 bridgehead atoms. The number of aromatic nitrogens is 2. The van der Waals surface area contributed by atoms with E-state index in [1.807, 2.05) is 30.3 Å². The average molecular weight is 300 g/mol. The Balaban J connectivity index is 2.25. The fourth-order valence-corrected chi connectivity index (χ4v) is 1.88. The molecule has 0 saturated carbocycles. The van der Waals surface area contributed by atoms with Gasteiger partial charge in [0.1, 0.15) is 5.69 Å². The summed E-state index contributed by atoms with van der Waals surface area (Å²) >= 11 is 0. The third-order valence-corrected chi connectivity index (χ3v) is 3.44. The molecule has 2 rings (SSSR count). The number of hydrogen-bond acceptors (Lipinski definition) is 4. The van der Waals surface area contributed by atoms with Gasteiger partial charge in [-0.1, -0.05) is 57.5 Å². The predicted octanol–water partition coefficient (Wildman–Crippen LogP) is 4.36. The molecule has 22 heavy (non-hydrogen) atoms. The molecule has 4 nitrogen and oxygen atoms in total. The molecule has 0 aliphatic heterocycles. The highest BCUT2D eigenvalue weighted by molar-refractivity contribution is 5.65. The van der Waals surface area contributed by atoms with Crippen LogP contribution in [0, 0.1) is 5.92 Å². The molecule has 0 aliphatic rings. The molecule has 1 atom stereocenters. The maximum Gasteiger partial charge on any atom is 0.317 e. The predicted molar refractivity (Wildman–Crippen MR) is 88.2 cm³/mol. The summed E-state index contributed by atoms with van der Waals surface area (Å²) in [5.41, 5.74) is 1.78. The van der Waals surface area contributed by atoms with Gasteiger partial charge < -0.3 is 9.47 Å². The van der Waals surface area contributed by atoms with Gasteiger partial charge >= 0.3 is 6.01 Å². The molecule has 1 aromatic carbocycles. The van der Waals surface area contributed by atoms with Crippen molar-refractivity contribution in [3.05, 3.63) is 36.5 Å². The van der Waals surface area contributed by atoms with Crippen molar-refractivity contribution >= 4 is 0 Å². The van der Waals surface area contributed by atoms with E-state index in [0.717, 1.165) is 24.1 Å². The highest BCUT2D eigenvalue weighted by Crippen LogP contribution is 2.29. The van der Waals surface area contributed by atoms with E-state index < -0.39 is 0 Å². The first kappa shape index (κ1) is 16.3. The van der Waals surface area contributed by atoms with Crippen molar-refractivity contribution in [2.24, 2.45) is 5.92 Å². The monoisotopic (exact) mass is 300 g/mol. The SMILES string of the molecule is CCCOc1cnc(OCC(C)CC)nc1-c1ccccc1. The zero-order valence-electron chi connectivity index (χ0n) is 13.6. The Morgan fingerprint density at radius 1 is 1.09 bits per heavy atom. The topological polar surface area (TPSA) is 44.2 Å². The Labute approximate surface area is 132 Å². The first-order valence-electron chi connectivity index (χ1n) is 7.92. The maximum atomic E-state index is 5.76. The smallest absolute Gasteiger partial charge is 0.317 e. The van der Waals surface area contributed by atoms with Gasteiger partial charge in [0.25, 0.3) is 0 Å². The van der Waals surface area contributed by atoms with E-state index in [0.29, 0.717) is 30.9 Å². The van der Waals surface area contributed by atoms with E-state index in [4.69, 9.17) is 9.47 Å². The van der Waals surface area contributed by atoms with E-state index in [-0.39, 0.29) is 0 Å². The summed E-state index contributed by atoms with van der Waals surface area (Å²) in [6.45, 7) is 7.64. The van der Waals surface area contributed by atoms with Crippen molar-refractivity contribution in [2.75, 3.05) is 13.2 Å². The fourth-order valence-electron chi connectivity index (χ4n) is 1.88. The van der Waals surface area contributed by atoms with Crippen molar-refractivity contribution < 1.29 is 9.47 Å². The van der Waals surface area contributed by atoms with Crippen LogP contribution in [-0.4, -0.2) is 23.2 Å². The highest BCUT2D eigenvalue weighted by Gasteiger charge is 2.12. The summed E-state index contributed by atoms with van der Waals surface area (Å²) < 4.78 is 11.5. The number of benzene rings is 1. The fraction of sp³-hybridized carbons (Fsp3) is 0.444. The number of hydrogen-bond donors (Lipinski definition) is 0. The van der Waals surface area contributed by atoms with E-state index >= 15 is 0 Å². The third kappa shape index (κ3) is 4.45. The second-order valence-electron chi connectivity index (χ2n) is 5.40. The zero-order valence-corrected chi connectivity index (χ0v) is 13.6. The van der Waals surface area contributed by atoms with Gasteiger partial charge in [-0.05, 0) is 12.3 Å². The standard InChI is InChI=1S/C18H24N2O2/c1-4-11-21-16-12-19-18(22-13-14(3)5-2)20-17(16)15-9-7-6-8-10-15/h6-10,12,14H,4-5,11,13H2,1-3H3. The Kier molecular flexibility index (Phi) is 6.19. The van der Waals surface area contributed by atoms with Gasteiger partial charge in [0.05, 0.1) is 19.4 Å². The first-order valence-corrected chi connectivity index (χ1v) is 7.92. The summed E-state index contributed by atoms with van der Waals surface area (Å²) in [4.78, 5) is 8.81. The van der Waals surface area contributed by atoms with Crippen molar-refractivity contribution in [3.63, 3.8) is 0 Å². The van der Waals surface area contributed by atoms with E-state index in [1.165, 1.54) is 0 Å². The second-order valence-corrected chi connectivity index (χ2v) is 5.40. The lowest BCUT2D eigenvalue weighted by atomic mass is 10.1. The molecule has 4 heteroatoms. The lowest BCUT2D eigenvalue weighted by Crippen LogP contribution is -2.10. The van der Waals surface area contributed by atoms with Crippen molar-refractivity contribution in [2.45, 2.75) is 33.6 Å². The van der Waals surface area contributed by atoms with Gasteiger partial charge in [0, 0.05) is 5.56 Å². The van der Waals surface area contributed by atoms with Crippen molar-refractivity contribution in [3.8, 4) is 23.0 Å². The van der Waals surface area contributed by atoms with Gasteiger partial charge in [0.15, 0.2) is 5.75 Å². The summed E-state index contributed by atoms with van der Waals surface area (Å²) in [5.74, 6) is 1.18. The van der Waals surface area contributed by atoms with Gasteiger partial charge in [-0.25, -0.2) is 0 Å². The Morgan fingerprint density at radius 2 is 1.86 bits per heavy atom. The maximum absolute atomic E-state index is 5.76. The molecule has 2 aromatic rings. The Hall–Kier alpha value is -2.10. The molecule has 0 fully saturated rings. The molecule has 0 saturated heterocycles. The highest BCUT2D eigenvalue weighted by atomic mass is 16.5. The second kappa shape index (κ2) is 8.37. The van der Waals surface area contributed by atoms with Crippen LogP contribution in [0.15, 0.2) is 36.5 Å². The molecular formula is C18H24N2O2. The van der Waals surface area contributed by atoms with Crippen LogP contribution in [0.1, 0.15) is 33.6 Å². The molecule has 1 unspecified atom stereocenters. The third-order valence-electron chi connectivity index (χ3n) is 3.44. The Bertz CT molecular complexity index is 573. The lowest BCUT2D eigenvalue weighted by molar-refractivity contribution is 0.236. The number of nitrogens with zero attached hydrogens (tertiary/aromatic N) is 2. The van der Waals surface area contributed by atoms with E-state index in [2.05, 4.69) is 30.7 Å². The molecule has 0 amide bonds. The molecule has 0 radical (unpaired) electrons. The van der Waals surface area contributed by atoms with Crippen LogP contribution in [0.2, 0.25) is 0 Å². The van der Waals surface area contributed by atoms with Crippen LogP contribution >= 0.6 is 0 Å². The molecule has 0 spiro atoms. The quantitative estimate of drug-likeness (QED) is 0.726. The van der Waals surface area contributed by atoms with Crippen molar-refractivity contribution in [1.82, 2.24) is 9.97 Å². The molecule has 118 valence electrons. The van der Waals surface area contributed by atoms with Crippen LogP contribution in [0.4, 0.5) is 0 Å². The summed E-state index contributed by atoms with van der Waals surface area (Å²) in [6, 6.07) is 10.4. The van der Waals surface area contributed by atoms with Gasteiger partial charge in [-0.2, -0.15) is 9.97 Å². The Morgan fingerprint density at radius 3 is 2.55 bits per heavy atom. The largest absolute Gasteiger partial charge is 0.490 e. The summed E-state index contributed by atoms with van der Waals surface area (Å²) in [5, 5.41) is 0.